The fraction of sp³-hybridized carbons (Fsp3) is 0.0667. The summed E-state index contributed by atoms with van der Waals surface area (Å²) >= 11 is 0. The van der Waals surface area contributed by atoms with Crippen molar-refractivity contribution in [1.82, 2.24) is 0 Å². The molecule has 0 bridgehead atoms. The molecule has 3 radical (unpaired) electrons. The normalized spacial score (nSPS) is 14.1. The van der Waals surface area contributed by atoms with Gasteiger partial charge < -0.3 is 0 Å². The van der Waals surface area contributed by atoms with Crippen LogP contribution in [0.15, 0.2) is 59.8 Å². The van der Waals surface area contributed by atoms with Crippen LogP contribution < -0.4 is 0 Å². The monoisotopic (exact) mass is 219 g/mol. The van der Waals surface area contributed by atoms with Crippen LogP contribution in [0.5, 0.6) is 0 Å². The molecular formula is C15H11Si. The molecule has 0 saturated carbocycles. The lowest BCUT2D eigenvalue weighted by Gasteiger charge is -2.06. The number of rotatable bonds is 1. The molecule has 2 aromatic rings. The Bertz CT molecular complexity index is 553. The number of fused-ring (bicyclic) bond motifs is 1. The van der Waals surface area contributed by atoms with Gasteiger partial charge >= 0.3 is 0 Å². The number of benzene rings is 2. The molecule has 0 N–H and O–H groups in total. The largest absolute Gasteiger partial charge is 0.0758 e. The third-order valence-corrected chi connectivity index (χ3v) is 3.44. The Morgan fingerprint density at radius 2 is 1.50 bits per heavy atom. The smallest absolute Gasteiger partial charge is 0.0664 e. The number of hydrogen-bond donors (Lipinski definition) is 0. The van der Waals surface area contributed by atoms with Crippen LogP contribution in [0.3, 0.4) is 0 Å². The lowest BCUT2D eigenvalue weighted by atomic mass is 9.99. The summed E-state index contributed by atoms with van der Waals surface area (Å²) in [6.45, 7) is 0. The van der Waals surface area contributed by atoms with Gasteiger partial charge in [-0.2, -0.15) is 0 Å². The second-order valence-corrected chi connectivity index (χ2v) is 4.66. The van der Waals surface area contributed by atoms with Crippen molar-refractivity contribution < 1.29 is 0 Å². The van der Waals surface area contributed by atoms with Crippen LogP contribution in [-0.4, -0.2) is 10.2 Å². The van der Waals surface area contributed by atoms with Gasteiger partial charge in [-0.15, -0.1) is 0 Å². The van der Waals surface area contributed by atoms with Crippen molar-refractivity contribution in [3.63, 3.8) is 0 Å². The van der Waals surface area contributed by atoms with E-state index in [0.717, 1.165) is 6.42 Å². The van der Waals surface area contributed by atoms with Crippen molar-refractivity contribution in [3.05, 3.63) is 76.5 Å². The van der Waals surface area contributed by atoms with Crippen LogP contribution in [0.4, 0.5) is 0 Å². The molecule has 1 aliphatic rings. The Hall–Kier alpha value is -1.60. The predicted molar refractivity (Wildman–Crippen MR) is 68.4 cm³/mol. The molecule has 0 spiro atoms. The highest BCUT2D eigenvalue weighted by Gasteiger charge is 2.18. The number of hydrogen-bond acceptors (Lipinski definition) is 0. The van der Waals surface area contributed by atoms with Crippen LogP contribution in [0.25, 0.3) is 5.57 Å². The van der Waals surface area contributed by atoms with Gasteiger partial charge in [-0.05, 0) is 28.7 Å². The van der Waals surface area contributed by atoms with Gasteiger partial charge in [0.25, 0.3) is 0 Å². The minimum Gasteiger partial charge on any atom is -0.0758 e. The quantitative estimate of drug-likeness (QED) is 0.646. The Labute approximate surface area is 99.1 Å². The standard InChI is InChI=1S/C15H11Si/c16-14-10-12-8-4-5-9-13(12)15(14)11-6-2-1-3-7-11/h1-9H,10H2. The molecule has 75 valence electrons. The molecule has 3 rings (SSSR count). The van der Waals surface area contributed by atoms with Crippen molar-refractivity contribution in [3.8, 4) is 0 Å². The topological polar surface area (TPSA) is 0 Å². The van der Waals surface area contributed by atoms with Gasteiger partial charge in [0.15, 0.2) is 0 Å². The molecule has 0 aliphatic heterocycles. The van der Waals surface area contributed by atoms with Gasteiger partial charge in [0.2, 0.25) is 0 Å². The predicted octanol–water partition coefficient (Wildman–Crippen LogP) is 3.17. The van der Waals surface area contributed by atoms with Gasteiger partial charge in [-0.3, -0.25) is 0 Å². The molecule has 16 heavy (non-hydrogen) atoms. The highest BCUT2D eigenvalue weighted by atomic mass is 28.1. The summed E-state index contributed by atoms with van der Waals surface area (Å²) in [5.74, 6) is 0. The van der Waals surface area contributed by atoms with Gasteiger partial charge in [0.1, 0.15) is 0 Å². The average molecular weight is 219 g/mol. The summed E-state index contributed by atoms with van der Waals surface area (Å²) in [6.07, 6.45) is 1.01. The lowest BCUT2D eigenvalue weighted by molar-refractivity contribution is 1.29. The summed E-state index contributed by atoms with van der Waals surface area (Å²) in [5.41, 5.74) is 5.40. The van der Waals surface area contributed by atoms with Crippen LogP contribution in [0.1, 0.15) is 16.7 Å². The molecule has 0 saturated heterocycles. The molecule has 2 aromatic carbocycles. The minimum atomic E-state index is 1.01. The van der Waals surface area contributed by atoms with Crippen LogP contribution in [0.2, 0.25) is 0 Å². The van der Waals surface area contributed by atoms with Crippen LogP contribution in [0, 0.1) is 0 Å². The minimum absolute atomic E-state index is 1.01. The zero-order valence-electron chi connectivity index (χ0n) is 8.90. The molecule has 0 aromatic heterocycles. The fourth-order valence-electron chi connectivity index (χ4n) is 2.29. The van der Waals surface area contributed by atoms with Crippen LogP contribution in [-0.2, 0) is 6.42 Å². The Morgan fingerprint density at radius 3 is 2.31 bits per heavy atom. The van der Waals surface area contributed by atoms with E-state index in [4.69, 9.17) is 0 Å². The summed E-state index contributed by atoms with van der Waals surface area (Å²) in [6, 6.07) is 19.2. The molecule has 0 amide bonds. The van der Waals surface area contributed by atoms with Crippen molar-refractivity contribution in [2.75, 3.05) is 0 Å². The SMILES string of the molecule is [Si]C1=C(c2ccccc2)c2ccccc2C1. The van der Waals surface area contributed by atoms with E-state index < -0.39 is 0 Å². The van der Waals surface area contributed by atoms with Gasteiger partial charge in [0.05, 0.1) is 10.2 Å². The highest BCUT2D eigenvalue weighted by Crippen LogP contribution is 2.35. The zero-order chi connectivity index (χ0) is 11.0. The van der Waals surface area contributed by atoms with E-state index in [1.807, 2.05) is 0 Å². The van der Waals surface area contributed by atoms with E-state index in [9.17, 15) is 0 Å². The highest BCUT2D eigenvalue weighted by molar-refractivity contribution is 6.27. The summed E-state index contributed by atoms with van der Waals surface area (Å²) in [5, 5.41) is 1.28. The van der Waals surface area contributed by atoms with E-state index in [-0.39, 0.29) is 0 Å². The van der Waals surface area contributed by atoms with Crippen LogP contribution >= 0.6 is 0 Å². The molecular weight excluding hydrogens is 208 g/mol. The maximum absolute atomic E-state index is 3.76. The van der Waals surface area contributed by atoms with Crippen molar-refractivity contribution in [1.29, 1.82) is 0 Å². The van der Waals surface area contributed by atoms with E-state index in [2.05, 4.69) is 64.8 Å². The van der Waals surface area contributed by atoms with E-state index in [1.54, 1.807) is 0 Å². The van der Waals surface area contributed by atoms with E-state index in [1.165, 1.54) is 27.5 Å². The van der Waals surface area contributed by atoms with Gasteiger partial charge in [-0.25, -0.2) is 0 Å². The average Bonchev–Trinajstić information content (AvgIpc) is 2.66. The maximum atomic E-state index is 3.76. The summed E-state index contributed by atoms with van der Waals surface area (Å²) < 4.78 is 0. The van der Waals surface area contributed by atoms with Crippen molar-refractivity contribution in [2.24, 2.45) is 0 Å². The molecule has 0 heterocycles. The first-order valence-electron chi connectivity index (χ1n) is 5.45. The Morgan fingerprint density at radius 1 is 0.812 bits per heavy atom. The molecule has 0 fully saturated rings. The van der Waals surface area contributed by atoms with E-state index in [0.29, 0.717) is 0 Å². The molecule has 0 atom stereocenters. The Kier molecular flexibility index (Phi) is 2.26. The van der Waals surface area contributed by atoms with Gasteiger partial charge in [0, 0.05) is 0 Å². The third kappa shape index (κ3) is 1.44. The van der Waals surface area contributed by atoms with Crippen molar-refractivity contribution >= 4 is 15.8 Å². The fourth-order valence-corrected chi connectivity index (χ4v) is 2.76. The van der Waals surface area contributed by atoms with Gasteiger partial charge in [-0.1, -0.05) is 59.8 Å². The molecule has 1 heteroatoms. The molecule has 0 unspecified atom stereocenters. The Balaban J connectivity index is 2.19. The first kappa shape index (κ1) is 9.61. The van der Waals surface area contributed by atoms with E-state index >= 15 is 0 Å². The lowest BCUT2D eigenvalue weighted by Crippen LogP contribution is -1.87. The first-order valence-corrected chi connectivity index (χ1v) is 5.95. The number of allylic oxidation sites excluding steroid dienone is 1. The molecule has 1 aliphatic carbocycles. The summed E-state index contributed by atoms with van der Waals surface area (Å²) in [7, 11) is 3.76. The summed E-state index contributed by atoms with van der Waals surface area (Å²) in [4.78, 5) is 0. The third-order valence-electron chi connectivity index (χ3n) is 3.02. The first-order chi connectivity index (χ1) is 7.86. The molecule has 0 nitrogen and oxygen atoms in total. The second kappa shape index (κ2) is 3.76. The zero-order valence-corrected chi connectivity index (χ0v) is 9.90. The maximum Gasteiger partial charge on any atom is 0.0664 e. The van der Waals surface area contributed by atoms with Crippen molar-refractivity contribution in [2.45, 2.75) is 6.42 Å². The second-order valence-electron chi connectivity index (χ2n) is 4.05.